The van der Waals surface area contributed by atoms with Gasteiger partial charge in [0.25, 0.3) is 0 Å². The van der Waals surface area contributed by atoms with Crippen LogP contribution < -0.4 is 19.5 Å². The van der Waals surface area contributed by atoms with Gasteiger partial charge in [0.1, 0.15) is 17.0 Å². The number of aliphatic carboxylic acids is 1. The normalized spacial score (nSPS) is 15.2. The Morgan fingerprint density at radius 3 is 2.38 bits per heavy atom. The van der Waals surface area contributed by atoms with Gasteiger partial charge in [-0.05, 0) is 55.7 Å². The van der Waals surface area contributed by atoms with E-state index in [-0.39, 0.29) is 30.1 Å². The average Bonchev–Trinajstić information content (AvgIpc) is 3.89. The van der Waals surface area contributed by atoms with E-state index in [2.05, 4.69) is 15.2 Å². The lowest BCUT2D eigenvalue weighted by atomic mass is 10.1. The van der Waals surface area contributed by atoms with Crippen molar-refractivity contribution in [2.24, 2.45) is 5.41 Å². The summed E-state index contributed by atoms with van der Waals surface area (Å²) in [5, 5.41) is 12.4. The number of nitrogens with zero attached hydrogens (tertiary/aromatic N) is 2. The molecular weight excluding hydrogens is 614 g/mol. The first kappa shape index (κ1) is 33.4. The molecule has 47 heavy (non-hydrogen) atoms. The number of ether oxygens (including phenoxy) is 4. The highest BCUT2D eigenvalue weighted by Gasteiger charge is 2.57. The van der Waals surface area contributed by atoms with E-state index >= 15 is 0 Å². The molecule has 1 saturated heterocycles. The molecule has 248 valence electrons. The van der Waals surface area contributed by atoms with Crippen LogP contribution in [0.4, 0.5) is 20.2 Å². The standard InChI is InChI=1S/C28H30FN3O7.C6H5FN/c1-36-24-16-19-21(17-25(24)38-12-2-9-32-10-13-37-14-11-32)30-8-5-22(19)39-23-4-3-18(15-20(23)29)31-26(33)28(6-7-28)27(34)35;7-5-1-3-6(8)4-2-5/h3-5,8,15-17H,2,6-7,9-14H2,1H3,(H,31,33)(H,34,35);1-4,8H/q;-1. The lowest BCUT2D eigenvalue weighted by molar-refractivity contribution is -0.147. The van der Waals surface area contributed by atoms with E-state index in [0.29, 0.717) is 40.4 Å². The molecule has 1 aromatic heterocycles. The van der Waals surface area contributed by atoms with Gasteiger partial charge < -0.3 is 35.1 Å². The first-order valence-electron chi connectivity index (χ1n) is 15.1. The summed E-state index contributed by atoms with van der Waals surface area (Å²) in [5.74, 6) is -1.50. The van der Waals surface area contributed by atoms with Crippen LogP contribution in [0, 0.1) is 17.0 Å². The summed E-state index contributed by atoms with van der Waals surface area (Å²) >= 11 is 0. The Morgan fingerprint density at radius 1 is 1.00 bits per heavy atom. The monoisotopic (exact) mass is 649 g/mol. The summed E-state index contributed by atoms with van der Waals surface area (Å²) in [6, 6.07) is 14.4. The predicted octanol–water partition coefficient (Wildman–Crippen LogP) is 6.59. The number of morpholine rings is 1. The summed E-state index contributed by atoms with van der Waals surface area (Å²) in [5.41, 5.74) is 6.57. The fraction of sp³-hybridized carbons (Fsp3) is 0.324. The summed E-state index contributed by atoms with van der Waals surface area (Å²) in [4.78, 5) is 30.4. The minimum absolute atomic E-state index is 0.0673. The maximum atomic E-state index is 14.9. The van der Waals surface area contributed by atoms with Crippen LogP contribution in [0.3, 0.4) is 0 Å². The van der Waals surface area contributed by atoms with Gasteiger partial charge in [-0.2, -0.15) is 0 Å². The zero-order valence-electron chi connectivity index (χ0n) is 25.8. The fourth-order valence-corrected chi connectivity index (χ4v) is 4.93. The Labute approximate surface area is 270 Å². The van der Waals surface area contributed by atoms with Crippen LogP contribution in [0.2, 0.25) is 0 Å². The number of anilines is 1. The van der Waals surface area contributed by atoms with Gasteiger partial charge in [-0.3, -0.25) is 19.5 Å². The highest BCUT2D eigenvalue weighted by molar-refractivity contribution is 6.10. The van der Waals surface area contributed by atoms with Crippen molar-refractivity contribution < 1.29 is 42.4 Å². The molecule has 1 aliphatic heterocycles. The molecule has 0 atom stereocenters. The van der Waals surface area contributed by atoms with Gasteiger partial charge in [0.15, 0.2) is 23.1 Å². The second-order valence-electron chi connectivity index (χ2n) is 11.1. The van der Waals surface area contributed by atoms with E-state index < -0.39 is 23.1 Å². The van der Waals surface area contributed by atoms with E-state index in [9.17, 15) is 23.5 Å². The number of carbonyl (C=O) groups is 2. The van der Waals surface area contributed by atoms with Crippen molar-refractivity contribution in [1.29, 1.82) is 0 Å². The van der Waals surface area contributed by atoms with Gasteiger partial charge in [0.2, 0.25) is 5.91 Å². The number of fused-ring (bicyclic) bond motifs is 1. The molecule has 0 spiro atoms. The molecule has 1 aliphatic carbocycles. The van der Waals surface area contributed by atoms with Gasteiger partial charge in [-0.25, -0.2) is 8.78 Å². The second-order valence-corrected chi connectivity index (χ2v) is 11.1. The fourth-order valence-electron chi connectivity index (χ4n) is 4.93. The zero-order chi connectivity index (χ0) is 33.4. The molecule has 13 heteroatoms. The molecule has 1 saturated carbocycles. The summed E-state index contributed by atoms with van der Waals surface area (Å²) in [6.07, 6.45) is 2.93. The summed E-state index contributed by atoms with van der Waals surface area (Å²) < 4.78 is 49.7. The maximum Gasteiger partial charge on any atom is 0.319 e. The molecular formula is C34H35F2N4O7-. The first-order valence-corrected chi connectivity index (χ1v) is 15.1. The topological polar surface area (TPSA) is 143 Å². The van der Waals surface area contributed by atoms with E-state index in [1.165, 1.54) is 36.4 Å². The number of rotatable bonds is 11. The van der Waals surface area contributed by atoms with Crippen LogP contribution in [0.5, 0.6) is 23.0 Å². The smallest absolute Gasteiger partial charge is 0.319 e. The third kappa shape index (κ3) is 8.43. The molecule has 2 heterocycles. The number of benzene rings is 3. The van der Waals surface area contributed by atoms with E-state index in [0.717, 1.165) is 45.3 Å². The van der Waals surface area contributed by atoms with Crippen LogP contribution in [0.25, 0.3) is 16.6 Å². The van der Waals surface area contributed by atoms with Crippen LogP contribution >= 0.6 is 0 Å². The number of hydrogen-bond acceptors (Lipinski definition) is 8. The van der Waals surface area contributed by atoms with Crippen LogP contribution in [0.15, 0.2) is 66.9 Å². The van der Waals surface area contributed by atoms with Gasteiger partial charge >= 0.3 is 5.97 Å². The average molecular weight is 650 g/mol. The third-order valence-corrected chi connectivity index (χ3v) is 7.81. The molecule has 1 amide bonds. The quantitative estimate of drug-likeness (QED) is 0.136. The Hall–Kier alpha value is -5.01. The number of hydrogen-bond donors (Lipinski definition) is 2. The molecule has 2 fully saturated rings. The zero-order valence-corrected chi connectivity index (χ0v) is 25.8. The van der Waals surface area contributed by atoms with E-state index in [1.807, 2.05) is 0 Å². The molecule has 2 aliphatic rings. The molecule has 3 aromatic carbocycles. The van der Waals surface area contributed by atoms with Crippen molar-refractivity contribution in [3.63, 3.8) is 0 Å². The molecule has 0 bridgehead atoms. The van der Waals surface area contributed by atoms with Crippen molar-refractivity contribution in [1.82, 2.24) is 9.88 Å². The third-order valence-electron chi connectivity index (χ3n) is 7.81. The Morgan fingerprint density at radius 2 is 1.74 bits per heavy atom. The highest BCUT2D eigenvalue weighted by Crippen LogP contribution is 2.47. The summed E-state index contributed by atoms with van der Waals surface area (Å²) in [7, 11) is 1.54. The molecule has 11 nitrogen and oxygen atoms in total. The van der Waals surface area contributed by atoms with Gasteiger partial charge in [-0.1, -0.05) is 12.1 Å². The SMILES string of the molecule is COc1cc2c(Oc3ccc(NC(=O)C4(C(=O)O)CC4)cc3F)ccnc2cc1OCCCN1CCOCC1.[NH-]c1ccc(F)cc1. The number of aromatic nitrogens is 1. The maximum absolute atomic E-state index is 14.9. The lowest BCUT2D eigenvalue weighted by Gasteiger charge is -2.26. The van der Waals surface area contributed by atoms with E-state index in [4.69, 9.17) is 24.7 Å². The lowest BCUT2D eigenvalue weighted by Crippen LogP contribution is -2.37. The number of carboxylic acids is 1. The number of amides is 1. The van der Waals surface area contributed by atoms with Crippen LogP contribution in [0.1, 0.15) is 19.3 Å². The highest BCUT2D eigenvalue weighted by atomic mass is 19.1. The molecule has 3 N–H and O–H groups in total. The predicted molar refractivity (Wildman–Crippen MR) is 170 cm³/mol. The van der Waals surface area contributed by atoms with E-state index in [1.54, 1.807) is 31.5 Å². The van der Waals surface area contributed by atoms with Gasteiger partial charge in [0.05, 0.1) is 32.4 Å². The minimum atomic E-state index is -1.42. The van der Waals surface area contributed by atoms with Gasteiger partial charge in [-0.15, -0.1) is 5.69 Å². The minimum Gasteiger partial charge on any atom is -0.699 e. The number of methoxy groups -OCH3 is 1. The molecule has 0 radical (unpaired) electrons. The van der Waals surface area contributed by atoms with Crippen LogP contribution in [-0.2, 0) is 14.3 Å². The summed E-state index contributed by atoms with van der Waals surface area (Å²) in [6.45, 7) is 4.80. The second kappa shape index (κ2) is 15.1. The van der Waals surface area contributed by atoms with Crippen molar-refractivity contribution in [2.75, 3.05) is 51.9 Å². The molecule has 4 aromatic rings. The Kier molecular flexibility index (Phi) is 10.7. The number of halogens is 2. The molecule has 6 rings (SSSR count). The van der Waals surface area contributed by atoms with Crippen molar-refractivity contribution in [3.05, 3.63) is 84.2 Å². The molecule has 0 unspecified atom stereocenters. The number of nitrogens with one attached hydrogen (secondary N) is 2. The number of carbonyl (C=O) groups excluding carboxylic acids is 1. The first-order chi connectivity index (χ1) is 22.7. The number of pyridine rings is 1. The largest absolute Gasteiger partial charge is 0.699 e. The Bertz CT molecular complexity index is 1690. The Balaban J connectivity index is 0.000000474. The van der Waals surface area contributed by atoms with Crippen LogP contribution in [-0.4, -0.2) is 73.4 Å². The van der Waals surface area contributed by atoms with Crippen molar-refractivity contribution >= 4 is 34.2 Å². The van der Waals surface area contributed by atoms with Crippen molar-refractivity contribution in [2.45, 2.75) is 19.3 Å². The van der Waals surface area contributed by atoms with Crippen molar-refractivity contribution in [3.8, 4) is 23.0 Å². The number of carboxylic acid groups (broad SMARTS) is 1. The van der Waals surface area contributed by atoms with Gasteiger partial charge in [0, 0.05) is 49.0 Å².